The molecule has 0 heterocycles. The van der Waals surface area contributed by atoms with Crippen molar-refractivity contribution in [1.82, 2.24) is 0 Å². The van der Waals surface area contributed by atoms with Gasteiger partial charge in [0.05, 0.1) is 11.3 Å². The molecule has 0 atom stereocenters. The summed E-state index contributed by atoms with van der Waals surface area (Å²) in [5, 5.41) is 2.44. The van der Waals surface area contributed by atoms with E-state index in [9.17, 15) is 22.0 Å². The van der Waals surface area contributed by atoms with Gasteiger partial charge in [-0.1, -0.05) is 0 Å². The maximum Gasteiger partial charge on any atom is 0.419 e. The Morgan fingerprint density at radius 3 is 2.20 bits per heavy atom. The molecule has 0 saturated heterocycles. The summed E-state index contributed by atoms with van der Waals surface area (Å²) in [6.07, 6.45) is -4.82. The van der Waals surface area contributed by atoms with E-state index in [1.54, 1.807) is 0 Å². The van der Waals surface area contributed by atoms with Crippen LogP contribution >= 0.6 is 0 Å². The lowest BCUT2D eigenvalue weighted by atomic mass is 10.1. The molecule has 2 aromatic carbocycles. The van der Waals surface area contributed by atoms with E-state index in [2.05, 4.69) is 5.32 Å². The summed E-state index contributed by atoms with van der Waals surface area (Å²) in [6.45, 7) is 0. The first-order valence-electron chi connectivity index (χ1n) is 5.46. The third kappa shape index (κ3) is 2.98. The number of benzene rings is 2. The molecule has 0 aliphatic rings. The molecule has 0 spiro atoms. The molecule has 0 fully saturated rings. The number of alkyl halides is 3. The summed E-state index contributed by atoms with van der Waals surface area (Å²) in [5.41, 5.74) is 3.98. The zero-order valence-electron chi connectivity index (χ0n) is 9.93. The Labute approximate surface area is 111 Å². The number of halogens is 5. The summed E-state index contributed by atoms with van der Waals surface area (Å²) in [5.74, 6) is -2.11. The van der Waals surface area contributed by atoms with Crippen LogP contribution in [-0.4, -0.2) is 0 Å². The Hall–Kier alpha value is -2.31. The molecule has 0 aromatic heterocycles. The van der Waals surface area contributed by atoms with Gasteiger partial charge in [0.1, 0.15) is 11.6 Å². The fraction of sp³-hybridized carbons (Fsp3) is 0.0769. The van der Waals surface area contributed by atoms with Crippen LogP contribution in [0.3, 0.4) is 0 Å². The predicted molar refractivity (Wildman–Crippen MR) is 65.5 cm³/mol. The summed E-state index contributed by atoms with van der Waals surface area (Å²) < 4.78 is 64.2. The third-order valence-corrected chi connectivity index (χ3v) is 2.54. The number of anilines is 3. The number of hydrogen-bond donors (Lipinski definition) is 2. The van der Waals surface area contributed by atoms with Crippen molar-refractivity contribution in [3.63, 3.8) is 0 Å². The van der Waals surface area contributed by atoms with Gasteiger partial charge in [0, 0.05) is 11.4 Å². The van der Waals surface area contributed by atoms with Crippen LogP contribution in [0.2, 0.25) is 0 Å². The molecule has 0 aliphatic heterocycles. The fourth-order valence-electron chi connectivity index (χ4n) is 1.61. The zero-order chi connectivity index (χ0) is 14.9. The molecule has 0 radical (unpaired) electrons. The zero-order valence-corrected chi connectivity index (χ0v) is 9.93. The highest BCUT2D eigenvalue weighted by Crippen LogP contribution is 2.34. The molecule has 3 N–H and O–H groups in total. The van der Waals surface area contributed by atoms with Gasteiger partial charge in [-0.2, -0.15) is 13.2 Å². The van der Waals surface area contributed by atoms with Crippen molar-refractivity contribution in [3.05, 3.63) is 53.6 Å². The third-order valence-electron chi connectivity index (χ3n) is 2.54. The quantitative estimate of drug-likeness (QED) is 0.638. The van der Waals surface area contributed by atoms with Crippen molar-refractivity contribution in [1.29, 1.82) is 0 Å². The molecule has 2 aromatic rings. The average Bonchev–Trinajstić information content (AvgIpc) is 2.33. The van der Waals surface area contributed by atoms with E-state index in [0.29, 0.717) is 12.1 Å². The van der Waals surface area contributed by atoms with Gasteiger partial charge in [0.15, 0.2) is 0 Å². The first-order chi connectivity index (χ1) is 9.27. The second-order valence-electron chi connectivity index (χ2n) is 4.06. The number of nitrogen functional groups attached to an aromatic ring is 1. The molecule has 0 amide bonds. The van der Waals surface area contributed by atoms with Gasteiger partial charge in [-0.3, -0.25) is 0 Å². The van der Waals surface area contributed by atoms with Gasteiger partial charge in [0.2, 0.25) is 0 Å². The minimum absolute atomic E-state index is 0.0565. The molecule has 2 nitrogen and oxygen atoms in total. The van der Waals surface area contributed by atoms with Crippen LogP contribution in [0.25, 0.3) is 0 Å². The van der Waals surface area contributed by atoms with E-state index >= 15 is 0 Å². The van der Waals surface area contributed by atoms with Crippen molar-refractivity contribution >= 4 is 17.1 Å². The number of nitrogens with one attached hydrogen (secondary N) is 1. The molecular weight excluding hydrogens is 279 g/mol. The summed E-state index contributed by atoms with van der Waals surface area (Å²) in [7, 11) is 0. The monoisotopic (exact) mass is 288 g/mol. The minimum atomic E-state index is -4.82. The first kappa shape index (κ1) is 14.1. The van der Waals surface area contributed by atoms with Crippen LogP contribution in [0.4, 0.5) is 39.0 Å². The second-order valence-corrected chi connectivity index (χ2v) is 4.06. The van der Waals surface area contributed by atoms with E-state index in [-0.39, 0.29) is 17.1 Å². The fourth-order valence-corrected chi connectivity index (χ4v) is 1.61. The Bertz CT molecular complexity index is 637. The SMILES string of the molecule is Nc1ccc(Nc2ccc(F)c(C(F)(F)F)c2)c(F)c1. The number of hydrogen-bond acceptors (Lipinski definition) is 2. The van der Waals surface area contributed by atoms with Gasteiger partial charge in [-0.15, -0.1) is 0 Å². The summed E-state index contributed by atoms with van der Waals surface area (Å²) in [6, 6.07) is 6.02. The lowest BCUT2D eigenvalue weighted by molar-refractivity contribution is -0.139. The molecule has 20 heavy (non-hydrogen) atoms. The normalized spacial score (nSPS) is 11.4. The van der Waals surface area contributed by atoms with Crippen molar-refractivity contribution < 1.29 is 22.0 Å². The molecule has 2 rings (SSSR count). The van der Waals surface area contributed by atoms with Crippen LogP contribution < -0.4 is 11.1 Å². The molecule has 106 valence electrons. The summed E-state index contributed by atoms with van der Waals surface area (Å²) >= 11 is 0. The molecule has 0 unspecified atom stereocenters. The van der Waals surface area contributed by atoms with E-state index in [1.807, 2.05) is 0 Å². The first-order valence-corrected chi connectivity index (χ1v) is 5.46. The van der Waals surface area contributed by atoms with Crippen LogP contribution in [-0.2, 0) is 6.18 Å². The van der Waals surface area contributed by atoms with Gasteiger partial charge in [-0.05, 0) is 36.4 Å². The van der Waals surface area contributed by atoms with Crippen LogP contribution in [0.5, 0.6) is 0 Å². The average molecular weight is 288 g/mol. The summed E-state index contributed by atoms with van der Waals surface area (Å²) in [4.78, 5) is 0. The van der Waals surface area contributed by atoms with E-state index in [4.69, 9.17) is 5.73 Å². The van der Waals surface area contributed by atoms with E-state index < -0.39 is 23.4 Å². The van der Waals surface area contributed by atoms with Gasteiger partial charge >= 0.3 is 6.18 Å². The number of rotatable bonds is 2. The lowest BCUT2D eigenvalue weighted by Gasteiger charge is -2.12. The smallest absolute Gasteiger partial charge is 0.399 e. The maximum atomic E-state index is 13.5. The molecule has 0 aliphatic carbocycles. The lowest BCUT2D eigenvalue weighted by Crippen LogP contribution is -2.08. The Morgan fingerprint density at radius 2 is 1.60 bits per heavy atom. The molecule has 7 heteroatoms. The van der Waals surface area contributed by atoms with E-state index in [0.717, 1.165) is 12.1 Å². The van der Waals surface area contributed by atoms with Gasteiger partial charge in [-0.25, -0.2) is 8.78 Å². The topological polar surface area (TPSA) is 38.0 Å². The van der Waals surface area contributed by atoms with Crippen molar-refractivity contribution in [2.45, 2.75) is 6.18 Å². The number of nitrogens with two attached hydrogens (primary N) is 1. The van der Waals surface area contributed by atoms with Crippen molar-refractivity contribution in [3.8, 4) is 0 Å². The Morgan fingerprint density at radius 1 is 0.900 bits per heavy atom. The standard InChI is InChI=1S/C13H9F5N2/c14-10-3-2-8(6-9(10)13(16,17)18)20-12-4-1-7(19)5-11(12)15/h1-6,20H,19H2. The van der Waals surface area contributed by atoms with Crippen molar-refractivity contribution in [2.24, 2.45) is 0 Å². The van der Waals surface area contributed by atoms with Crippen LogP contribution in [0.1, 0.15) is 5.56 Å². The van der Waals surface area contributed by atoms with Gasteiger partial charge < -0.3 is 11.1 Å². The molecule has 0 bridgehead atoms. The minimum Gasteiger partial charge on any atom is -0.399 e. The largest absolute Gasteiger partial charge is 0.419 e. The van der Waals surface area contributed by atoms with Gasteiger partial charge in [0.25, 0.3) is 0 Å². The maximum absolute atomic E-state index is 13.5. The highest BCUT2D eigenvalue weighted by molar-refractivity contribution is 5.63. The second kappa shape index (κ2) is 4.99. The Kier molecular flexibility index (Phi) is 3.52. The molecular formula is C13H9F5N2. The highest BCUT2D eigenvalue weighted by atomic mass is 19.4. The Balaban J connectivity index is 2.35. The highest BCUT2D eigenvalue weighted by Gasteiger charge is 2.34. The van der Waals surface area contributed by atoms with Crippen LogP contribution in [0, 0.1) is 11.6 Å². The molecule has 0 saturated carbocycles. The van der Waals surface area contributed by atoms with Crippen LogP contribution in [0.15, 0.2) is 36.4 Å². The van der Waals surface area contributed by atoms with E-state index in [1.165, 1.54) is 12.1 Å². The predicted octanol–water partition coefficient (Wildman–Crippen LogP) is 4.31. The van der Waals surface area contributed by atoms with Crippen molar-refractivity contribution in [2.75, 3.05) is 11.1 Å².